The highest BCUT2D eigenvalue weighted by atomic mass is 79.9. The van der Waals surface area contributed by atoms with E-state index >= 15 is 0 Å². The van der Waals surface area contributed by atoms with Crippen molar-refractivity contribution in [2.45, 2.75) is 6.61 Å². The smallest absolute Gasteiger partial charge is 0.328 e. The molecule has 0 saturated heterocycles. The van der Waals surface area contributed by atoms with E-state index in [4.69, 9.17) is 9.84 Å². The third-order valence-electron chi connectivity index (χ3n) is 2.71. The maximum atomic E-state index is 10.6. The lowest BCUT2D eigenvalue weighted by Gasteiger charge is -2.08. The molecule has 4 nitrogen and oxygen atoms in total. The van der Waals surface area contributed by atoms with Gasteiger partial charge in [0.15, 0.2) is 0 Å². The Balaban J connectivity index is 2.08. The number of benzene rings is 2. The average Bonchev–Trinajstić information content (AvgIpc) is 2.46. The second kappa shape index (κ2) is 6.95. The number of rotatable bonds is 5. The zero-order valence-electron chi connectivity index (χ0n) is 11.0. The van der Waals surface area contributed by atoms with Crippen molar-refractivity contribution in [1.29, 1.82) is 0 Å². The molecule has 0 heterocycles. The van der Waals surface area contributed by atoms with Gasteiger partial charge in [0.1, 0.15) is 18.1 Å². The van der Waals surface area contributed by atoms with Gasteiger partial charge in [-0.25, -0.2) is 4.79 Å². The molecule has 2 aromatic carbocycles. The van der Waals surface area contributed by atoms with Gasteiger partial charge in [0.25, 0.3) is 0 Å². The highest BCUT2D eigenvalue weighted by Crippen LogP contribution is 2.24. The Kier molecular flexibility index (Phi) is 5.00. The molecule has 0 atom stereocenters. The summed E-state index contributed by atoms with van der Waals surface area (Å²) < 4.78 is 6.44. The van der Waals surface area contributed by atoms with Gasteiger partial charge in [-0.15, -0.1) is 0 Å². The van der Waals surface area contributed by atoms with E-state index in [1.807, 2.05) is 0 Å². The second-order valence-electron chi connectivity index (χ2n) is 4.31. The van der Waals surface area contributed by atoms with Crippen molar-refractivity contribution < 1.29 is 19.7 Å². The molecule has 0 aliphatic rings. The van der Waals surface area contributed by atoms with E-state index in [0.29, 0.717) is 12.4 Å². The quantitative estimate of drug-likeness (QED) is 0.805. The van der Waals surface area contributed by atoms with Gasteiger partial charge in [0.2, 0.25) is 0 Å². The summed E-state index contributed by atoms with van der Waals surface area (Å²) in [6.07, 6.45) is 2.57. The fraction of sp³-hybridized carbons (Fsp3) is 0.0625. The summed E-state index contributed by atoms with van der Waals surface area (Å²) >= 11 is 3.36. The first-order valence-electron chi connectivity index (χ1n) is 6.16. The monoisotopic (exact) mass is 348 g/mol. The summed E-state index contributed by atoms with van der Waals surface area (Å²) in [5, 5.41) is 17.9. The van der Waals surface area contributed by atoms with E-state index in [2.05, 4.69) is 15.9 Å². The zero-order chi connectivity index (χ0) is 15.2. The lowest BCUT2D eigenvalue weighted by Crippen LogP contribution is -1.95. The van der Waals surface area contributed by atoms with E-state index in [1.54, 1.807) is 42.5 Å². The molecule has 0 saturated carbocycles. The third kappa shape index (κ3) is 4.65. The Bertz CT molecular complexity index is 662. The SMILES string of the molecule is O=C(O)/C=C/c1cc(OCc2ccc(O)cc2)ccc1Br. The summed E-state index contributed by atoms with van der Waals surface area (Å²) in [4.78, 5) is 10.6. The van der Waals surface area contributed by atoms with Crippen LogP contribution in [0.15, 0.2) is 53.0 Å². The largest absolute Gasteiger partial charge is 0.508 e. The van der Waals surface area contributed by atoms with Crippen LogP contribution in [0.1, 0.15) is 11.1 Å². The number of phenols is 1. The summed E-state index contributed by atoms with van der Waals surface area (Å²) in [6, 6.07) is 12.1. The Morgan fingerprint density at radius 3 is 2.57 bits per heavy atom. The number of ether oxygens (including phenoxy) is 1. The molecule has 0 aliphatic carbocycles. The van der Waals surface area contributed by atoms with Gasteiger partial charge in [-0.3, -0.25) is 0 Å². The number of hydrogen-bond donors (Lipinski definition) is 2. The predicted octanol–water partition coefficient (Wildman–Crippen LogP) is 3.83. The summed E-state index contributed by atoms with van der Waals surface area (Å²) in [5.41, 5.74) is 1.65. The summed E-state index contributed by atoms with van der Waals surface area (Å²) in [7, 11) is 0. The van der Waals surface area contributed by atoms with Crippen LogP contribution in [-0.4, -0.2) is 16.2 Å². The number of carboxylic acids is 1. The van der Waals surface area contributed by atoms with Crippen LogP contribution in [-0.2, 0) is 11.4 Å². The number of aromatic hydroxyl groups is 1. The molecular formula is C16H13BrO4. The molecule has 2 aromatic rings. The molecule has 108 valence electrons. The molecule has 5 heteroatoms. The molecule has 0 amide bonds. The van der Waals surface area contributed by atoms with E-state index in [1.165, 1.54) is 6.08 Å². The first kappa shape index (κ1) is 15.1. The molecule has 21 heavy (non-hydrogen) atoms. The van der Waals surface area contributed by atoms with Crippen molar-refractivity contribution in [2.75, 3.05) is 0 Å². The summed E-state index contributed by atoms with van der Waals surface area (Å²) in [6.45, 7) is 0.365. The van der Waals surface area contributed by atoms with Crippen molar-refractivity contribution in [3.05, 3.63) is 64.1 Å². The molecule has 0 radical (unpaired) electrons. The Labute approximate surface area is 130 Å². The Morgan fingerprint density at radius 2 is 1.90 bits per heavy atom. The van der Waals surface area contributed by atoms with Crippen molar-refractivity contribution in [2.24, 2.45) is 0 Å². The second-order valence-corrected chi connectivity index (χ2v) is 5.16. The normalized spacial score (nSPS) is 10.7. The standard InChI is InChI=1S/C16H13BrO4/c17-15-7-6-14(9-12(15)3-8-16(19)20)21-10-11-1-4-13(18)5-2-11/h1-9,18H,10H2,(H,19,20)/b8-3+. The highest BCUT2D eigenvalue weighted by Gasteiger charge is 2.02. The average molecular weight is 349 g/mol. The molecular weight excluding hydrogens is 336 g/mol. The Morgan fingerprint density at radius 1 is 1.19 bits per heavy atom. The van der Waals surface area contributed by atoms with E-state index in [0.717, 1.165) is 21.7 Å². The fourth-order valence-corrected chi connectivity index (χ4v) is 2.04. The predicted molar refractivity (Wildman–Crippen MR) is 83.3 cm³/mol. The van der Waals surface area contributed by atoms with E-state index in [9.17, 15) is 9.90 Å². The molecule has 2 rings (SSSR count). The van der Waals surface area contributed by atoms with Crippen LogP contribution in [0.4, 0.5) is 0 Å². The molecule has 2 N–H and O–H groups in total. The number of aliphatic carboxylic acids is 1. The Hall–Kier alpha value is -2.27. The highest BCUT2D eigenvalue weighted by molar-refractivity contribution is 9.10. The van der Waals surface area contributed by atoms with E-state index < -0.39 is 5.97 Å². The zero-order valence-corrected chi connectivity index (χ0v) is 12.6. The first-order valence-corrected chi connectivity index (χ1v) is 6.95. The fourth-order valence-electron chi connectivity index (χ4n) is 1.66. The molecule has 0 aliphatic heterocycles. The van der Waals surface area contributed by atoms with Gasteiger partial charge in [0, 0.05) is 10.5 Å². The maximum Gasteiger partial charge on any atom is 0.328 e. The van der Waals surface area contributed by atoms with Gasteiger partial charge in [-0.05, 0) is 47.5 Å². The number of carbonyl (C=O) groups is 1. The van der Waals surface area contributed by atoms with Crippen molar-refractivity contribution in [1.82, 2.24) is 0 Å². The van der Waals surface area contributed by atoms with E-state index in [-0.39, 0.29) is 5.75 Å². The van der Waals surface area contributed by atoms with Crippen LogP contribution in [0.5, 0.6) is 11.5 Å². The van der Waals surface area contributed by atoms with Gasteiger partial charge >= 0.3 is 5.97 Å². The first-order chi connectivity index (χ1) is 10.0. The molecule has 0 unspecified atom stereocenters. The van der Waals surface area contributed by atoms with Gasteiger partial charge in [-0.2, -0.15) is 0 Å². The topological polar surface area (TPSA) is 66.8 Å². The number of carboxylic acid groups (broad SMARTS) is 1. The van der Waals surface area contributed by atoms with Crippen molar-refractivity contribution in [3.63, 3.8) is 0 Å². The van der Waals surface area contributed by atoms with Gasteiger partial charge < -0.3 is 14.9 Å². The van der Waals surface area contributed by atoms with Crippen LogP contribution in [0.25, 0.3) is 6.08 Å². The minimum atomic E-state index is -1.00. The van der Waals surface area contributed by atoms with Gasteiger partial charge in [-0.1, -0.05) is 28.1 Å². The van der Waals surface area contributed by atoms with Crippen LogP contribution in [0, 0.1) is 0 Å². The lowest BCUT2D eigenvalue weighted by atomic mass is 10.2. The van der Waals surface area contributed by atoms with Crippen LogP contribution in [0.2, 0.25) is 0 Å². The van der Waals surface area contributed by atoms with Gasteiger partial charge in [0.05, 0.1) is 0 Å². The van der Waals surface area contributed by atoms with Crippen molar-refractivity contribution >= 4 is 28.0 Å². The lowest BCUT2D eigenvalue weighted by molar-refractivity contribution is -0.131. The van der Waals surface area contributed by atoms with Crippen LogP contribution >= 0.6 is 15.9 Å². The minimum Gasteiger partial charge on any atom is -0.508 e. The molecule has 0 aromatic heterocycles. The molecule has 0 bridgehead atoms. The van der Waals surface area contributed by atoms with Crippen LogP contribution in [0.3, 0.4) is 0 Å². The maximum absolute atomic E-state index is 10.6. The number of hydrogen-bond acceptors (Lipinski definition) is 3. The minimum absolute atomic E-state index is 0.212. The van der Waals surface area contributed by atoms with Crippen LogP contribution < -0.4 is 4.74 Å². The number of halogens is 1. The summed E-state index contributed by atoms with van der Waals surface area (Å²) in [5.74, 6) is -0.155. The third-order valence-corrected chi connectivity index (χ3v) is 3.44. The molecule has 0 spiro atoms. The van der Waals surface area contributed by atoms with Crippen molar-refractivity contribution in [3.8, 4) is 11.5 Å². The number of phenolic OH excluding ortho intramolecular Hbond substituents is 1. The molecule has 0 fully saturated rings.